The lowest BCUT2D eigenvalue weighted by Gasteiger charge is -2.31. The summed E-state index contributed by atoms with van der Waals surface area (Å²) < 4.78 is 24.2. The van der Waals surface area contributed by atoms with Gasteiger partial charge in [0.2, 0.25) is 0 Å². The predicted molar refractivity (Wildman–Crippen MR) is 85.3 cm³/mol. The van der Waals surface area contributed by atoms with Gasteiger partial charge in [-0.25, -0.2) is 4.39 Å². The number of halogens is 1. The number of carbonyl (C=O) groups is 1. The van der Waals surface area contributed by atoms with Gasteiger partial charge in [-0.2, -0.15) is 0 Å². The molecular weight excluding hydrogens is 283 g/mol. The normalized spacial score (nSPS) is 13.6. The zero-order chi connectivity index (χ0) is 17.0. The minimum absolute atomic E-state index is 0.0226. The van der Waals surface area contributed by atoms with Gasteiger partial charge in [-0.1, -0.05) is 26.8 Å². The van der Waals surface area contributed by atoms with Crippen molar-refractivity contribution in [3.8, 4) is 5.75 Å². The Balaban J connectivity index is 2.68. The molecule has 0 spiro atoms. The third kappa shape index (κ3) is 6.92. The van der Waals surface area contributed by atoms with E-state index < -0.39 is 5.60 Å². The summed E-state index contributed by atoms with van der Waals surface area (Å²) in [5.41, 5.74) is -0.618. The molecular formula is C18H27FO3. The number of hydrogen-bond donors (Lipinski definition) is 0. The maximum Gasteiger partial charge on any atom is 0.306 e. The van der Waals surface area contributed by atoms with Gasteiger partial charge in [0, 0.05) is 12.0 Å². The van der Waals surface area contributed by atoms with Crippen LogP contribution in [0.15, 0.2) is 24.3 Å². The van der Waals surface area contributed by atoms with Gasteiger partial charge < -0.3 is 9.47 Å². The topological polar surface area (TPSA) is 35.5 Å². The number of benzene rings is 1. The fraction of sp³-hybridized carbons (Fsp3) is 0.611. The first-order chi connectivity index (χ1) is 9.97. The van der Waals surface area contributed by atoms with Crippen LogP contribution in [0.25, 0.3) is 0 Å². The first-order valence-corrected chi connectivity index (χ1v) is 7.57. The van der Waals surface area contributed by atoms with E-state index in [9.17, 15) is 9.18 Å². The second-order valence-corrected chi connectivity index (χ2v) is 7.62. The molecule has 0 fully saturated rings. The van der Waals surface area contributed by atoms with E-state index in [0.29, 0.717) is 12.4 Å². The summed E-state index contributed by atoms with van der Waals surface area (Å²) in [6.45, 7) is 12.0. The summed E-state index contributed by atoms with van der Waals surface area (Å²) in [4.78, 5) is 12.0. The van der Waals surface area contributed by atoms with Crippen LogP contribution >= 0.6 is 0 Å². The second-order valence-electron chi connectivity index (χ2n) is 7.62. The third-order valence-corrected chi connectivity index (χ3v) is 3.31. The number of ether oxygens (including phenoxy) is 2. The Kier molecular flexibility index (Phi) is 5.98. The van der Waals surface area contributed by atoms with Gasteiger partial charge in [0.1, 0.15) is 17.2 Å². The van der Waals surface area contributed by atoms with Crippen LogP contribution < -0.4 is 4.74 Å². The van der Waals surface area contributed by atoms with E-state index in [2.05, 4.69) is 20.8 Å². The lowest BCUT2D eigenvalue weighted by Crippen LogP contribution is -2.32. The molecule has 0 aliphatic carbocycles. The smallest absolute Gasteiger partial charge is 0.306 e. The van der Waals surface area contributed by atoms with E-state index in [1.165, 1.54) is 12.1 Å². The zero-order valence-corrected chi connectivity index (χ0v) is 14.4. The Morgan fingerprint density at radius 1 is 1.18 bits per heavy atom. The predicted octanol–water partition coefficient (Wildman–Crippen LogP) is 4.60. The molecule has 1 aromatic rings. The molecule has 4 heteroatoms. The average molecular weight is 310 g/mol. The van der Waals surface area contributed by atoms with Crippen LogP contribution in [0.2, 0.25) is 0 Å². The van der Waals surface area contributed by atoms with Gasteiger partial charge in [0.05, 0.1) is 13.0 Å². The molecule has 1 rings (SSSR count). The molecule has 0 saturated carbocycles. The van der Waals surface area contributed by atoms with E-state index in [0.717, 1.165) is 0 Å². The van der Waals surface area contributed by atoms with E-state index in [-0.39, 0.29) is 29.5 Å². The van der Waals surface area contributed by atoms with Crippen molar-refractivity contribution in [1.29, 1.82) is 0 Å². The summed E-state index contributed by atoms with van der Waals surface area (Å²) in [6, 6.07) is 6.02. The zero-order valence-electron chi connectivity index (χ0n) is 14.4. The lowest BCUT2D eigenvalue weighted by atomic mass is 9.79. The van der Waals surface area contributed by atoms with Crippen LogP contribution in [0, 0.1) is 17.2 Å². The maximum absolute atomic E-state index is 13.2. The van der Waals surface area contributed by atoms with Crippen molar-refractivity contribution in [1.82, 2.24) is 0 Å². The highest BCUT2D eigenvalue weighted by molar-refractivity contribution is 5.70. The largest absolute Gasteiger partial charge is 0.493 e. The fourth-order valence-electron chi connectivity index (χ4n) is 1.95. The highest BCUT2D eigenvalue weighted by Gasteiger charge is 2.30. The standard InChI is InChI=1S/C18H27FO3/c1-17(2,3)13(10-16(20)22-18(4,5)6)12-21-15-9-7-8-14(19)11-15/h7-9,11,13H,10,12H2,1-6H3. The average Bonchev–Trinajstić information content (AvgIpc) is 2.30. The maximum atomic E-state index is 13.2. The number of hydrogen-bond acceptors (Lipinski definition) is 3. The second kappa shape index (κ2) is 7.12. The molecule has 0 aliphatic rings. The molecule has 3 nitrogen and oxygen atoms in total. The van der Waals surface area contributed by atoms with Crippen LogP contribution in [0.4, 0.5) is 4.39 Å². The molecule has 22 heavy (non-hydrogen) atoms. The minimum atomic E-state index is -0.497. The van der Waals surface area contributed by atoms with Crippen LogP contribution in [-0.2, 0) is 9.53 Å². The molecule has 0 heterocycles. The van der Waals surface area contributed by atoms with E-state index in [1.807, 2.05) is 20.8 Å². The van der Waals surface area contributed by atoms with Crippen molar-refractivity contribution in [2.45, 2.75) is 53.6 Å². The minimum Gasteiger partial charge on any atom is -0.493 e. The number of esters is 1. The Bertz CT molecular complexity index is 498. The van der Waals surface area contributed by atoms with E-state index in [1.54, 1.807) is 12.1 Å². The first kappa shape index (κ1) is 18.5. The highest BCUT2D eigenvalue weighted by Crippen LogP contribution is 2.30. The molecule has 0 amide bonds. The SMILES string of the molecule is CC(C)(C)OC(=O)CC(COc1cccc(F)c1)C(C)(C)C. The molecule has 1 unspecified atom stereocenters. The monoisotopic (exact) mass is 310 g/mol. The molecule has 0 radical (unpaired) electrons. The van der Waals surface area contributed by atoms with Crippen LogP contribution in [-0.4, -0.2) is 18.2 Å². The number of rotatable bonds is 5. The number of carbonyl (C=O) groups excluding carboxylic acids is 1. The van der Waals surface area contributed by atoms with Crippen LogP contribution in [0.5, 0.6) is 5.75 Å². The quantitative estimate of drug-likeness (QED) is 0.746. The van der Waals surface area contributed by atoms with Crippen LogP contribution in [0.1, 0.15) is 48.0 Å². The Labute approximate surface area is 132 Å². The van der Waals surface area contributed by atoms with Crippen molar-refractivity contribution in [3.05, 3.63) is 30.1 Å². The molecule has 0 bridgehead atoms. The first-order valence-electron chi connectivity index (χ1n) is 7.57. The van der Waals surface area contributed by atoms with Gasteiger partial charge in [-0.3, -0.25) is 4.79 Å². The van der Waals surface area contributed by atoms with Crippen molar-refractivity contribution in [2.75, 3.05) is 6.61 Å². The van der Waals surface area contributed by atoms with E-state index >= 15 is 0 Å². The third-order valence-electron chi connectivity index (χ3n) is 3.31. The van der Waals surface area contributed by atoms with Crippen molar-refractivity contribution < 1.29 is 18.7 Å². The van der Waals surface area contributed by atoms with Gasteiger partial charge in [0.15, 0.2) is 0 Å². The van der Waals surface area contributed by atoms with Gasteiger partial charge >= 0.3 is 5.97 Å². The highest BCUT2D eigenvalue weighted by atomic mass is 19.1. The van der Waals surface area contributed by atoms with E-state index in [4.69, 9.17) is 9.47 Å². The van der Waals surface area contributed by atoms with Gasteiger partial charge in [0.25, 0.3) is 0 Å². The lowest BCUT2D eigenvalue weighted by molar-refractivity contribution is -0.157. The summed E-state index contributed by atoms with van der Waals surface area (Å²) >= 11 is 0. The molecule has 0 N–H and O–H groups in total. The Morgan fingerprint density at radius 2 is 1.82 bits per heavy atom. The van der Waals surface area contributed by atoms with Gasteiger partial charge in [-0.05, 0) is 38.3 Å². The van der Waals surface area contributed by atoms with Gasteiger partial charge in [-0.15, -0.1) is 0 Å². The van der Waals surface area contributed by atoms with Crippen LogP contribution in [0.3, 0.4) is 0 Å². The summed E-state index contributed by atoms with van der Waals surface area (Å²) in [5.74, 6) is -0.128. The molecule has 124 valence electrons. The molecule has 0 aromatic heterocycles. The summed E-state index contributed by atoms with van der Waals surface area (Å²) in [6.07, 6.45) is 0.274. The fourth-order valence-corrected chi connectivity index (χ4v) is 1.95. The molecule has 0 aliphatic heterocycles. The molecule has 1 atom stereocenters. The Hall–Kier alpha value is -1.58. The van der Waals surface area contributed by atoms with Crippen molar-refractivity contribution >= 4 is 5.97 Å². The summed E-state index contributed by atoms with van der Waals surface area (Å²) in [5, 5.41) is 0. The summed E-state index contributed by atoms with van der Waals surface area (Å²) in [7, 11) is 0. The molecule has 1 aromatic carbocycles. The molecule has 0 saturated heterocycles. The Morgan fingerprint density at radius 3 is 2.32 bits per heavy atom. The van der Waals surface area contributed by atoms with Crippen molar-refractivity contribution in [3.63, 3.8) is 0 Å². The van der Waals surface area contributed by atoms with Crippen molar-refractivity contribution in [2.24, 2.45) is 11.3 Å².